The molecule has 0 radical (unpaired) electrons. The number of hydrogen-bond acceptors (Lipinski definition) is 5. The molecule has 0 bridgehead atoms. The van der Waals surface area contributed by atoms with Gasteiger partial charge in [0.2, 0.25) is 5.76 Å². The molecule has 0 fully saturated rings. The van der Waals surface area contributed by atoms with E-state index >= 15 is 0 Å². The number of aromatic nitrogens is 1. The van der Waals surface area contributed by atoms with E-state index in [1.807, 2.05) is 32.1 Å². The minimum atomic E-state index is -0.118. The number of phenols is 1. The Morgan fingerprint density at radius 2 is 2.00 bits per heavy atom. The predicted octanol–water partition coefficient (Wildman–Crippen LogP) is 4.89. The maximum atomic E-state index is 12.3. The summed E-state index contributed by atoms with van der Waals surface area (Å²) in [6, 6.07) is 3.93. The van der Waals surface area contributed by atoms with Gasteiger partial charge in [-0.05, 0) is 61.6 Å². The van der Waals surface area contributed by atoms with Crippen molar-refractivity contribution >= 4 is 16.9 Å². The third-order valence-corrected chi connectivity index (χ3v) is 5.03. The normalized spacial score (nSPS) is 13.8. The number of thioether (sulfide) groups is 1. The molecule has 1 aliphatic carbocycles. The van der Waals surface area contributed by atoms with Gasteiger partial charge in [-0.1, -0.05) is 30.4 Å². The van der Waals surface area contributed by atoms with E-state index in [1.165, 1.54) is 18.0 Å². The van der Waals surface area contributed by atoms with E-state index < -0.39 is 0 Å². The van der Waals surface area contributed by atoms with Crippen molar-refractivity contribution in [2.75, 3.05) is 0 Å². The van der Waals surface area contributed by atoms with Crippen LogP contribution in [0.3, 0.4) is 0 Å². The van der Waals surface area contributed by atoms with Crippen LogP contribution in [0, 0.1) is 13.8 Å². The lowest BCUT2D eigenvalue weighted by Crippen LogP contribution is -1.94. The quantitative estimate of drug-likeness (QED) is 0.827. The summed E-state index contributed by atoms with van der Waals surface area (Å²) in [7, 11) is 0. The van der Waals surface area contributed by atoms with E-state index in [4.69, 9.17) is 4.42 Å². The van der Waals surface area contributed by atoms with Crippen LogP contribution in [0.4, 0.5) is 0 Å². The Balaban J connectivity index is 1.61. The van der Waals surface area contributed by atoms with Crippen LogP contribution in [0.2, 0.25) is 0 Å². The lowest BCUT2D eigenvalue weighted by molar-refractivity contribution is 0.106. The number of oxazole rings is 1. The summed E-state index contributed by atoms with van der Waals surface area (Å²) < 4.78 is 5.61. The smallest absolute Gasteiger partial charge is 0.261 e. The summed E-state index contributed by atoms with van der Waals surface area (Å²) in [6.45, 7) is 3.78. The molecule has 0 atom stereocenters. The van der Waals surface area contributed by atoms with Crippen LogP contribution in [0.1, 0.15) is 46.0 Å². The van der Waals surface area contributed by atoms with Crippen molar-refractivity contribution in [3.63, 3.8) is 0 Å². The zero-order valence-corrected chi connectivity index (χ0v) is 15.2. The molecule has 0 spiro atoms. The van der Waals surface area contributed by atoms with E-state index in [0.29, 0.717) is 18.1 Å². The van der Waals surface area contributed by atoms with E-state index in [9.17, 15) is 9.90 Å². The number of phenolic OH excluding ortho intramolecular Hbond substituents is 1. The number of aromatic hydroxyl groups is 1. The molecule has 0 aliphatic heterocycles. The first-order chi connectivity index (χ1) is 12.0. The van der Waals surface area contributed by atoms with Gasteiger partial charge in [0.05, 0.1) is 6.20 Å². The third-order valence-electron chi connectivity index (χ3n) is 4.10. The van der Waals surface area contributed by atoms with Crippen LogP contribution in [-0.4, -0.2) is 15.2 Å². The fraction of sp³-hybridized carbons (Fsp3) is 0.300. The first-order valence-electron chi connectivity index (χ1n) is 8.35. The Hall–Kier alpha value is -2.27. The summed E-state index contributed by atoms with van der Waals surface area (Å²) in [6.07, 6.45) is 11.0. The van der Waals surface area contributed by atoms with Crippen molar-refractivity contribution in [3.05, 3.63) is 69.8 Å². The van der Waals surface area contributed by atoms with Crippen molar-refractivity contribution in [1.82, 2.24) is 4.98 Å². The Labute approximate surface area is 151 Å². The molecule has 1 N–H and O–H groups in total. The second kappa shape index (κ2) is 7.74. The predicted molar refractivity (Wildman–Crippen MR) is 99.9 cm³/mol. The molecule has 25 heavy (non-hydrogen) atoms. The van der Waals surface area contributed by atoms with Crippen LogP contribution < -0.4 is 0 Å². The van der Waals surface area contributed by atoms with Crippen LogP contribution >= 0.6 is 11.8 Å². The lowest BCUT2D eigenvalue weighted by Gasteiger charge is -2.07. The molecule has 130 valence electrons. The van der Waals surface area contributed by atoms with Crippen molar-refractivity contribution in [2.45, 2.75) is 39.5 Å². The Morgan fingerprint density at radius 1 is 1.24 bits per heavy atom. The highest BCUT2D eigenvalue weighted by atomic mass is 32.2. The van der Waals surface area contributed by atoms with Crippen LogP contribution in [-0.2, 0) is 12.8 Å². The first-order valence-corrected chi connectivity index (χ1v) is 9.17. The fourth-order valence-electron chi connectivity index (χ4n) is 2.78. The molecular weight excluding hydrogens is 334 g/mol. The average molecular weight is 355 g/mol. The van der Waals surface area contributed by atoms with E-state index in [-0.39, 0.29) is 10.9 Å². The van der Waals surface area contributed by atoms with Gasteiger partial charge in [0, 0.05) is 11.3 Å². The number of hydrogen-bond donors (Lipinski definition) is 1. The number of benzene rings is 1. The summed E-state index contributed by atoms with van der Waals surface area (Å²) >= 11 is 1.18. The maximum Gasteiger partial charge on any atom is 0.261 e. The second-order valence-electron chi connectivity index (χ2n) is 6.17. The van der Waals surface area contributed by atoms with Crippen LogP contribution in [0.15, 0.2) is 45.9 Å². The molecule has 0 unspecified atom stereocenters. The van der Waals surface area contributed by atoms with Crippen molar-refractivity contribution in [3.8, 4) is 5.75 Å². The van der Waals surface area contributed by atoms with Gasteiger partial charge >= 0.3 is 0 Å². The number of rotatable bonds is 5. The SMILES string of the molecule is Cc1cc(CCc2ncc(C(=O)SC3=CCCC=C3)o2)cc(C)c1O. The highest BCUT2D eigenvalue weighted by molar-refractivity contribution is 8.17. The highest BCUT2D eigenvalue weighted by Crippen LogP contribution is 2.27. The molecule has 0 amide bonds. The number of carbonyl (C=O) groups excluding carboxylic acids is 1. The first kappa shape index (κ1) is 17.5. The molecule has 0 saturated carbocycles. The van der Waals surface area contributed by atoms with Gasteiger partial charge in [0.25, 0.3) is 5.12 Å². The van der Waals surface area contributed by atoms with E-state index in [1.54, 1.807) is 0 Å². The van der Waals surface area contributed by atoms with Crippen molar-refractivity contribution in [1.29, 1.82) is 0 Å². The van der Waals surface area contributed by atoms with E-state index in [0.717, 1.165) is 40.9 Å². The summed E-state index contributed by atoms with van der Waals surface area (Å²) in [4.78, 5) is 17.4. The minimum Gasteiger partial charge on any atom is -0.507 e. The van der Waals surface area contributed by atoms with Gasteiger partial charge < -0.3 is 9.52 Å². The topological polar surface area (TPSA) is 63.3 Å². The Kier molecular flexibility index (Phi) is 5.43. The van der Waals surface area contributed by atoms with Crippen LogP contribution in [0.25, 0.3) is 0 Å². The van der Waals surface area contributed by atoms with Gasteiger partial charge in [-0.15, -0.1) is 0 Å². The molecule has 5 heteroatoms. The Morgan fingerprint density at radius 3 is 2.68 bits per heavy atom. The number of allylic oxidation sites excluding steroid dienone is 3. The third kappa shape index (κ3) is 4.42. The van der Waals surface area contributed by atoms with Gasteiger partial charge in [-0.3, -0.25) is 4.79 Å². The molecule has 3 rings (SSSR count). The number of carbonyl (C=O) groups is 1. The maximum absolute atomic E-state index is 12.3. The van der Waals surface area contributed by atoms with Gasteiger partial charge in [0.15, 0.2) is 5.89 Å². The highest BCUT2D eigenvalue weighted by Gasteiger charge is 2.15. The molecule has 4 nitrogen and oxygen atoms in total. The number of aryl methyl sites for hydroxylation is 4. The zero-order chi connectivity index (χ0) is 17.8. The van der Waals surface area contributed by atoms with Gasteiger partial charge in [0.1, 0.15) is 5.75 Å². The van der Waals surface area contributed by atoms with Crippen molar-refractivity contribution in [2.24, 2.45) is 0 Å². The molecule has 0 saturated heterocycles. The molecular formula is C20H21NO3S. The van der Waals surface area contributed by atoms with Gasteiger partial charge in [-0.25, -0.2) is 4.98 Å². The number of nitrogens with zero attached hydrogens (tertiary/aromatic N) is 1. The monoisotopic (exact) mass is 355 g/mol. The standard InChI is InChI=1S/C20H21NO3S/c1-13-10-15(11-14(2)19(13)22)8-9-18-21-12-17(24-18)20(23)25-16-6-4-3-5-7-16/h4,6-7,10-12,22H,3,5,8-9H2,1-2H3. The largest absolute Gasteiger partial charge is 0.507 e. The second-order valence-corrected chi connectivity index (χ2v) is 7.22. The minimum absolute atomic E-state index is 0.118. The van der Waals surface area contributed by atoms with E-state index in [2.05, 4.69) is 17.1 Å². The van der Waals surface area contributed by atoms with Crippen LogP contribution in [0.5, 0.6) is 5.75 Å². The molecule has 1 aromatic carbocycles. The summed E-state index contributed by atoms with van der Waals surface area (Å²) in [5.74, 6) is 1.19. The zero-order valence-electron chi connectivity index (χ0n) is 14.4. The average Bonchev–Trinajstić information content (AvgIpc) is 3.08. The van der Waals surface area contributed by atoms with Gasteiger partial charge in [-0.2, -0.15) is 0 Å². The summed E-state index contributed by atoms with van der Waals surface area (Å²) in [5.41, 5.74) is 2.85. The molecule has 1 aromatic heterocycles. The fourth-order valence-corrected chi connectivity index (χ4v) is 3.56. The van der Waals surface area contributed by atoms with Crippen molar-refractivity contribution < 1.29 is 14.3 Å². The molecule has 2 aromatic rings. The molecule has 1 aliphatic rings. The summed E-state index contributed by atoms with van der Waals surface area (Å²) in [5, 5.41) is 9.72. The lowest BCUT2D eigenvalue weighted by atomic mass is 10.0. The molecule has 1 heterocycles. The Bertz CT molecular complexity index is 825.